The first-order chi connectivity index (χ1) is 6.93. The lowest BCUT2D eigenvalue weighted by molar-refractivity contribution is -0.143. The molecular weight excluding hydrogens is 216 g/mol. The lowest BCUT2D eigenvalue weighted by Gasteiger charge is -2.30. The number of halogens is 4. The molecule has 1 unspecified atom stereocenters. The number of piperidine rings is 1. The molecule has 7 heteroatoms. The summed E-state index contributed by atoms with van der Waals surface area (Å²) < 4.78 is 49.7. The second-order valence-electron chi connectivity index (χ2n) is 3.42. The summed E-state index contributed by atoms with van der Waals surface area (Å²) >= 11 is 0. The molecule has 0 aromatic carbocycles. The van der Waals surface area contributed by atoms with Gasteiger partial charge in [-0.2, -0.15) is 0 Å². The molecule has 0 spiro atoms. The molecule has 0 radical (unpaired) electrons. The van der Waals surface area contributed by atoms with Crippen LogP contribution >= 0.6 is 0 Å². The van der Waals surface area contributed by atoms with Crippen LogP contribution in [0.2, 0.25) is 0 Å². The van der Waals surface area contributed by atoms with Crippen molar-refractivity contribution in [1.82, 2.24) is 10.6 Å². The Morgan fingerprint density at radius 1 is 1.53 bits per heavy atom. The summed E-state index contributed by atoms with van der Waals surface area (Å²) in [5, 5.41) is 4.26. The minimum atomic E-state index is -3.16. The third kappa shape index (κ3) is 3.33. The van der Waals surface area contributed by atoms with Crippen molar-refractivity contribution < 1.29 is 22.4 Å². The highest BCUT2D eigenvalue weighted by molar-refractivity contribution is 5.79. The molecule has 1 amide bonds. The van der Waals surface area contributed by atoms with E-state index in [1.165, 1.54) is 0 Å². The van der Waals surface area contributed by atoms with Gasteiger partial charge in [0.05, 0.1) is 13.1 Å². The fourth-order valence-electron chi connectivity index (χ4n) is 1.46. The molecule has 0 aromatic heterocycles. The molecule has 88 valence electrons. The van der Waals surface area contributed by atoms with E-state index in [1.807, 2.05) is 5.32 Å². The summed E-state index contributed by atoms with van der Waals surface area (Å²) in [6.07, 6.45) is -2.76. The number of amides is 1. The molecule has 3 nitrogen and oxygen atoms in total. The van der Waals surface area contributed by atoms with Gasteiger partial charge in [0.25, 0.3) is 12.3 Å². The van der Waals surface area contributed by atoms with E-state index in [1.54, 1.807) is 0 Å². The van der Waals surface area contributed by atoms with Crippen LogP contribution in [0.1, 0.15) is 6.42 Å². The first-order valence-corrected chi connectivity index (χ1v) is 4.58. The monoisotopic (exact) mass is 228 g/mol. The van der Waals surface area contributed by atoms with E-state index in [0.717, 1.165) is 0 Å². The predicted octanol–water partition coefficient (Wildman–Crippen LogP) is 0.612. The maximum Gasteiger partial charge on any atom is 0.271 e. The fraction of sp³-hybridized carbons (Fsp3) is 0.875. The molecule has 0 aromatic rings. The van der Waals surface area contributed by atoms with Crippen molar-refractivity contribution in [2.75, 3.05) is 19.6 Å². The van der Waals surface area contributed by atoms with Crippen LogP contribution in [0.3, 0.4) is 0 Å². The van der Waals surface area contributed by atoms with E-state index in [2.05, 4.69) is 5.32 Å². The quantitative estimate of drug-likeness (QED) is 0.695. The van der Waals surface area contributed by atoms with E-state index >= 15 is 0 Å². The van der Waals surface area contributed by atoms with Gasteiger partial charge in [-0.3, -0.25) is 4.79 Å². The largest absolute Gasteiger partial charge is 0.350 e. The minimum absolute atomic E-state index is 0.0396. The zero-order valence-corrected chi connectivity index (χ0v) is 7.90. The van der Waals surface area contributed by atoms with Crippen LogP contribution in [-0.4, -0.2) is 37.9 Å². The van der Waals surface area contributed by atoms with Crippen LogP contribution in [0, 0.1) is 5.92 Å². The maximum absolute atomic E-state index is 13.1. The molecule has 1 aliphatic heterocycles. The maximum atomic E-state index is 13.1. The van der Waals surface area contributed by atoms with Crippen molar-refractivity contribution in [3.05, 3.63) is 0 Å². The molecule has 1 atom stereocenters. The number of rotatable bonds is 3. The van der Waals surface area contributed by atoms with E-state index in [9.17, 15) is 22.4 Å². The van der Waals surface area contributed by atoms with Gasteiger partial charge in [-0.05, 0) is 13.0 Å². The highest BCUT2D eigenvalue weighted by atomic mass is 19.3. The summed E-state index contributed by atoms with van der Waals surface area (Å²) in [4.78, 5) is 11.2. The van der Waals surface area contributed by atoms with Gasteiger partial charge in [0.1, 0.15) is 5.92 Å². The molecule has 0 bridgehead atoms. The zero-order valence-electron chi connectivity index (χ0n) is 7.90. The zero-order chi connectivity index (χ0) is 11.5. The molecule has 2 N–H and O–H groups in total. The molecule has 1 fully saturated rings. The van der Waals surface area contributed by atoms with E-state index in [4.69, 9.17) is 0 Å². The number of carbonyl (C=O) groups excluding carboxylic acids is 1. The SMILES string of the molecule is O=C(NCC(F)F)C1CCNCC1(F)F. The average molecular weight is 228 g/mol. The first-order valence-electron chi connectivity index (χ1n) is 4.58. The number of alkyl halides is 4. The summed E-state index contributed by atoms with van der Waals surface area (Å²) in [6.45, 7) is -1.17. The third-order valence-electron chi connectivity index (χ3n) is 2.23. The van der Waals surface area contributed by atoms with Gasteiger partial charge in [0.15, 0.2) is 0 Å². The van der Waals surface area contributed by atoms with E-state index in [0.29, 0.717) is 6.54 Å². The second-order valence-corrected chi connectivity index (χ2v) is 3.42. The number of hydrogen-bond donors (Lipinski definition) is 2. The summed E-state index contributed by atoms with van der Waals surface area (Å²) in [5.74, 6) is -5.66. The summed E-state index contributed by atoms with van der Waals surface area (Å²) in [7, 11) is 0. The van der Waals surface area contributed by atoms with E-state index < -0.39 is 37.3 Å². The van der Waals surface area contributed by atoms with Crippen LogP contribution in [0.15, 0.2) is 0 Å². The van der Waals surface area contributed by atoms with Gasteiger partial charge < -0.3 is 10.6 Å². The first kappa shape index (κ1) is 12.2. The topological polar surface area (TPSA) is 41.1 Å². The predicted molar refractivity (Wildman–Crippen MR) is 44.9 cm³/mol. The Bertz CT molecular complexity index is 235. The molecular formula is C8H12F4N2O. The van der Waals surface area contributed by atoms with Crippen molar-refractivity contribution in [1.29, 1.82) is 0 Å². The molecule has 1 saturated heterocycles. The van der Waals surface area contributed by atoms with Gasteiger partial charge in [-0.25, -0.2) is 17.6 Å². The number of nitrogens with one attached hydrogen (secondary N) is 2. The Kier molecular flexibility index (Phi) is 3.90. The Labute approximate surface area is 84.2 Å². The van der Waals surface area contributed by atoms with Gasteiger partial charge >= 0.3 is 0 Å². The Hall–Kier alpha value is -0.850. The third-order valence-corrected chi connectivity index (χ3v) is 2.23. The highest BCUT2D eigenvalue weighted by Gasteiger charge is 2.45. The Balaban J connectivity index is 2.49. The molecule has 0 aliphatic carbocycles. The van der Waals surface area contributed by atoms with Gasteiger partial charge in [-0.15, -0.1) is 0 Å². The molecule has 1 rings (SSSR count). The van der Waals surface area contributed by atoms with Crippen molar-refractivity contribution in [2.45, 2.75) is 18.8 Å². The van der Waals surface area contributed by atoms with E-state index in [-0.39, 0.29) is 6.42 Å². The summed E-state index contributed by atoms with van der Waals surface area (Å²) in [6, 6.07) is 0. The fourth-order valence-corrected chi connectivity index (χ4v) is 1.46. The minimum Gasteiger partial charge on any atom is -0.350 e. The Morgan fingerprint density at radius 2 is 2.20 bits per heavy atom. The lowest BCUT2D eigenvalue weighted by atomic mass is 9.93. The molecule has 0 saturated carbocycles. The molecule has 1 aliphatic rings. The van der Waals surface area contributed by atoms with Gasteiger partial charge in [0.2, 0.25) is 5.91 Å². The molecule has 1 heterocycles. The highest BCUT2D eigenvalue weighted by Crippen LogP contribution is 2.29. The lowest BCUT2D eigenvalue weighted by Crippen LogP contribution is -2.52. The van der Waals surface area contributed by atoms with Gasteiger partial charge in [-0.1, -0.05) is 0 Å². The normalized spacial score (nSPS) is 25.3. The van der Waals surface area contributed by atoms with Crippen LogP contribution in [0.4, 0.5) is 17.6 Å². The average Bonchev–Trinajstić information content (AvgIpc) is 2.13. The number of hydrogen-bond acceptors (Lipinski definition) is 2. The van der Waals surface area contributed by atoms with Crippen LogP contribution in [-0.2, 0) is 4.79 Å². The van der Waals surface area contributed by atoms with Crippen molar-refractivity contribution >= 4 is 5.91 Å². The second kappa shape index (κ2) is 4.78. The number of carbonyl (C=O) groups is 1. The van der Waals surface area contributed by atoms with Crippen molar-refractivity contribution in [2.24, 2.45) is 5.92 Å². The Morgan fingerprint density at radius 3 is 2.73 bits per heavy atom. The van der Waals surface area contributed by atoms with Crippen molar-refractivity contribution in [3.8, 4) is 0 Å². The van der Waals surface area contributed by atoms with Crippen LogP contribution < -0.4 is 10.6 Å². The van der Waals surface area contributed by atoms with Crippen molar-refractivity contribution in [3.63, 3.8) is 0 Å². The smallest absolute Gasteiger partial charge is 0.271 e. The van der Waals surface area contributed by atoms with Gasteiger partial charge in [0, 0.05) is 0 Å². The van der Waals surface area contributed by atoms with Crippen LogP contribution in [0.5, 0.6) is 0 Å². The molecule has 15 heavy (non-hydrogen) atoms. The van der Waals surface area contributed by atoms with Crippen LogP contribution in [0.25, 0.3) is 0 Å². The standard InChI is InChI=1S/C8H12F4N2O/c9-6(10)3-14-7(15)5-1-2-13-4-8(5,11)12/h5-6,13H,1-4H2,(H,14,15). The summed E-state index contributed by atoms with van der Waals surface area (Å²) in [5.41, 5.74) is 0.